The number of β-amino-alcohol motifs (C(OH)–C–C–N with tert-alkyl or cyclic N) is 1. The maximum absolute atomic E-state index is 13.3. The fourth-order valence-corrected chi connectivity index (χ4v) is 6.19. The van der Waals surface area contributed by atoms with E-state index in [0.717, 1.165) is 35.6 Å². The summed E-state index contributed by atoms with van der Waals surface area (Å²) in [4.78, 5) is 13.6. The first-order chi connectivity index (χ1) is 17.7. The lowest BCUT2D eigenvalue weighted by Crippen LogP contribution is -2.57. The molecule has 0 saturated carbocycles. The van der Waals surface area contributed by atoms with E-state index in [4.69, 9.17) is 0 Å². The van der Waals surface area contributed by atoms with Gasteiger partial charge in [0.05, 0.1) is 17.0 Å². The SMILES string of the molecule is Cc1ccc(N[C@@H]2CCN(S(=O)(=O)c3ccc(-c4ccc(N5CC(N(C)C)C5)nc4)cc3)C[C@@H]2O)nc1. The molecular weight excluding hydrogens is 488 g/mol. The molecule has 0 aliphatic carbocycles. The molecule has 0 bridgehead atoms. The molecular formula is C27H34N6O3S. The fraction of sp³-hybridized carbons (Fsp3) is 0.407. The molecule has 2 aliphatic rings. The van der Waals surface area contributed by atoms with Crippen LogP contribution in [0, 0.1) is 6.92 Å². The first-order valence-corrected chi connectivity index (χ1v) is 14.0. The summed E-state index contributed by atoms with van der Waals surface area (Å²) in [6.45, 7) is 4.25. The van der Waals surface area contributed by atoms with Crippen LogP contribution in [0.15, 0.2) is 65.8 Å². The van der Waals surface area contributed by atoms with E-state index in [2.05, 4.69) is 39.2 Å². The Morgan fingerprint density at radius 2 is 1.68 bits per heavy atom. The number of sulfonamides is 1. The van der Waals surface area contributed by atoms with E-state index in [1.54, 1.807) is 18.3 Å². The highest BCUT2D eigenvalue weighted by atomic mass is 32.2. The number of likely N-dealkylation sites (N-methyl/N-ethyl adjacent to an activating group) is 1. The van der Waals surface area contributed by atoms with Gasteiger partial charge in [-0.05, 0) is 68.9 Å². The van der Waals surface area contributed by atoms with Gasteiger partial charge in [-0.1, -0.05) is 18.2 Å². The van der Waals surface area contributed by atoms with Gasteiger partial charge in [0.2, 0.25) is 10.0 Å². The summed E-state index contributed by atoms with van der Waals surface area (Å²) in [6.07, 6.45) is 3.24. The van der Waals surface area contributed by atoms with E-state index in [-0.39, 0.29) is 17.5 Å². The van der Waals surface area contributed by atoms with Crippen molar-refractivity contribution in [2.75, 3.05) is 50.5 Å². The minimum atomic E-state index is -3.72. The van der Waals surface area contributed by atoms with Gasteiger partial charge in [-0.25, -0.2) is 18.4 Å². The molecule has 2 saturated heterocycles. The molecule has 5 rings (SSSR count). The summed E-state index contributed by atoms with van der Waals surface area (Å²) in [5.41, 5.74) is 2.89. The van der Waals surface area contributed by atoms with Gasteiger partial charge in [-0.3, -0.25) is 0 Å². The van der Waals surface area contributed by atoms with Gasteiger partial charge in [-0.2, -0.15) is 4.31 Å². The smallest absolute Gasteiger partial charge is 0.243 e. The number of hydrogen-bond acceptors (Lipinski definition) is 8. The monoisotopic (exact) mass is 522 g/mol. The van der Waals surface area contributed by atoms with Crippen LogP contribution in [-0.2, 0) is 10.0 Å². The van der Waals surface area contributed by atoms with E-state index in [0.29, 0.717) is 24.8 Å². The number of anilines is 2. The van der Waals surface area contributed by atoms with Crippen LogP contribution >= 0.6 is 0 Å². The zero-order valence-electron chi connectivity index (χ0n) is 21.4. The maximum Gasteiger partial charge on any atom is 0.243 e. The highest BCUT2D eigenvalue weighted by molar-refractivity contribution is 7.89. The molecule has 2 aliphatic heterocycles. The number of pyridine rings is 2. The highest BCUT2D eigenvalue weighted by Gasteiger charge is 2.35. The Morgan fingerprint density at radius 1 is 0.946 bits per heavy atom. The minimum Gasteiger partial charge on any atom is -0.390 e. The van der Waals surface area contributed by atoms with Gasteiger partial charge >= 0.3 is 0 Å². The van der Waals surface area contributed by atoms with E-state index >= 15 is 0 Å². The number of nitrogens with zero attached hydrogens (tertiary/aromatic N) is 5. The number of rotatable bonds is 7. The van der Waals surface area contributed by atoms with Crippen molar-refractivity contribution in [1.82, 2.24) is 19.2 Å². The van der Waals surface area contributed by atoms with Crippen molar-refractivity contribution >= 4 is 21.7 Å². The Morgan fingerprint density at radius 3 is 2.27 bits per heavy atom. The van der Waals surface area contributed by atoms with Crippen molar-refractivity contribution in [2.45, 2.75) is 36.4 Å². The number of hydrogen-bond donors (Lipinski definition) is 2. The van der Waals surface area contributed by atoms with Crippen LogP contribution in [0.4, 0.5) is 11.6 Å². The standard InChI is InChI=1S/C27H34N6O3S/c1-19-4-10-26(28-14-19)30-24-12-13-33(18-25(24)34)37(35,36)23-8-5-20(6-9-23)21-7-11-27(29-15-21)32-16-22(17-32)31(2)3/h4-11,14-15,22,24-25,34H,12-13,16-18H2,1-3H3,(H,28,30)/t24-,25+/m1/s1. The molecule has 196 valence electrons. The van der Waals surface area contributed by atoms with Crippen molar-refractivity contribution in [3.05, 3.63) is 66.5 Å². The molecule has 3 aromatic rings. The average Bonchev–Trinajstić information content (AvgIpc) is 2.86. The number of nitrogens with one attached hydrogen (secondary N) is 1. The molecule has 0 radical (unpaired) electrons. The molecule has 2 fully saturated rings. The van der Waals surface area contributed by atoms with E-state index < -0.39 is 16.1 Å². The van der Waals surface area contributed by atoms with Gasteiger partial charge in [0.25, 0.3) is 0 Å². The fourth-order valence-electron chi connectivity index (χ4n) is 4.71. The van der Waals surface area contributed by atoms with Crippen LogP contribution in [0.5, 0.6) is 0 Å². The Bertz CT molecular complexity index is 1310. The van der Waals surface area contributed by atoms with Crippen LogP contribution in [0.25, 0.3) is 11.1 Å². The summed E-state index contributed by atoms with van der Waals surface area (Å²) in [5, 5.41) is 13.9. The van der Waals surface area contributed by atoms with E-state index in [1.807, 2.05) is 49.5 Å². The third-order valence-corrected chi connectivity index (χ3v) is 9.16. The summed E-state index contributed by atoms with van der Waals surface area (Å²) in [6, 6.07) is 15.0. The maximum atomic E-state index is 13.3. The number of piperidine rings is 1. The summed E-state index contributed by atoms with van der Waals surface area (Å²) in [5.74, 6) is 1.63. The van der Waals surface area contributed by atoms with Crippen LogP contribution in [0.2, 0.25) is 0 Å². The molecule has 10 heteroatoms. The van der Waals surface area contributed by atoms with E-state index in [1.165, 1.54) is 4.31 Å². The van der Waals surface area contributed by atoms with Crippen LogP contribution in [-0.4, -0.2) is 91.2 Å². The third-order valence-electron chi connectivity index (χ3n) is 7.28. The Kier molecular flexibility index (Phi) is 7.17. The van der Waals surface area contributed by atoms with Crippen LogP contribution in [0.1, 0.15) is 12.0 Å². The normalized spacial score (nSPS) is 21.2. The van der Waals surface area contributed by atoms with E-state index in [9.17, 15) is 13.5 Å². The lowest BCUT2D eigenvalue weighted by molar-refractivity contribution is 0.0949. The van der Waals surface area contributed by atoms with Gasteiger partial charge in [0, 0.05) is 50.2 Å². The van der Waals surface area contributed by atoms with Crippen molar-refractivity contribution < 1.29 is 13.5 Å². The second kappa shape index (κ2) is 10.4. The number of aliphatic hydroxyl groups is 1. The van der Waals surface area contributed by atoms with Gasteiger partial charge < -0.3 is 20.2 Å². The van der Waals surface area contributed by atoms with Crippen molar-refractivity contribution in [3.8, 4) is 11.1 Å². The molecule has 2 aromatic heterocycles. The van der Waals surface area contributed by atoms with Crippen LogP contribution < -0.4 is 10.2 Å². The van der Waals surface area contributed by atoms with Gasteiger partial charge in [0.1, 0.15) is 11.6 Å². The molecule has 37 heavy (non-hydrogen) atoms. The second-order valence-electron chi connectivity index (χ2n) is 10.1. The molecule has 4 heterocycles. The van der Waals surface area contributed by atoms with Crippen molar-refractivity contribution in [1.29, 1.82) is 0 Å². The highest BCUT2D eigenvalue weighted by Crippen LogP contribution is 2.27. The largest absolute Gasteiger partial charge is 0.390 e. The topological polar surface area (TPSA) is 102 Å². The first kappa shape index (κ1) is 25.6. The quantitative estimate of drug-likeness (QED) is 0.488. The van der Waals surface area contributed by atoms with Crippen molar-refractivity contribution in [2.24, 2.45) is 0 Å². The zero-order valence-corrected chi connectivity index (χ0v) is 22.3. The number of aryl methyl sites for hydroxylation is 1. The molecule has 0 unspecified atom stereocenters. The zero-order chi connectivity index (χ0) is 26.2. The van der Waals surface area contributed by atoms with Gasteiger partial charge in [-0.15, -0.1) is 0 Å². The average molecular weight is 523 g/mol. The second-order valence-corrected chi connectivity index (χ2v) is 12.1. The minimum absolute atomic E-state index is 0.0319. The predicted octanol–water partition coefficient (Wildman–Crippen LogP) is 2.44. The Hall–Kier alpha value is -3.05. The Balaban J connectivity index is 1.21. The lowest BCUT2D eigenvalue weighted by Gasteiger charge is -2.43. The van der Waals surface area contributed by atoms with Gasteiger partial charge in [0.15, 0.2) is 0 Å². The van der Waals surface area contributed by atoms with Crippen molar-refractivity contribution in [3.63, 3.8) is 0 Å². The molecule has 2 N–H and O–H groups in total. The number of benzene rings is 1. The summed E-state index contributed by atoms with van der Waals surface area (Å²) < 4.78 is 27.9. The number of aromatic nitrogens is 2. The lowest BCUT2D eigenvalue weighted by atomic mass is 10.0. The predicted molar refractivity (Wildman–Crippen MR) is 145 cm³/mol. The summed E-state index contributed by atoms with van der Waals surface area (Å²) >= 11 is 0. The molecule has 9 nitrogen and oxygen atoms in total. The number of aliphatic hydroxyl groups excluding tert-OH is 1. The summed E-state index contributed by atoms with van der Waals surface area (Å²) in [7, 11) is 0.465. The molecule has 0 spiro atoms. The molecule has 1 aromatic carbocycles. The third kappa shape index (κ3) is 5.47. The molecule has 0 amide bonds. The Labute approximate surface area is 218 Å². The van der Waals surface area contributed by atoms with Crippen LogP contribution in [0.3, 0.4) is 0 Å². The first-order valence-electron chi connectivity index (χ1n) is 12.6. The molecule has 2 atom stereocenters.